The van der Waals surface area contributed by atoms with Crippen molar-refractivity contribution in [3.63, 3.8) is 0 Å². The number of nitrogens with zero attached hydrogens (tertiary/aromatic N) is 3. The highest BCUT2D eigenvalue weighted by Crippen LogP contribution is 2.40. The fourth-order valence-electron chi connectivity index (χ4n) is 6.72. The zero-order valence-corrected chi connectivity index (χ0v) is 25.2. The quantitative estimate of drug-likeness (QED) is 0.230. The number of fused-ring (bicyclic) bond motifs is 5. The molecule has 228 valence electrons. The van der Waals surface area contributed by atoms with Gasteiger partial charge in [-0.05, 0) is 68.5 Å². The minimum absolute atomic E-state index is 0.0926. The van der Waals surface area contributed by atoms with Crippen molar-refractivity contribution in [3.05, 3.63) is 56.9 Å². The third-order valence-electron chi connectivity index (χ3n) is 9.30. The minimum Gasteiger partial charge on any atom is -0.458 e. The Kier molecular flexibility index (Phi) is 8.00. The summed E-state index contributed by atoms with van der Waals surface area (Å²) in [4.78, 5) is 45.8. The second-order valence-corrected chi connectivity index (χ2v) is 11.8. The van der Waals surface area contributed by atoms with Crippen LogP contribution in [0.25, 0.3) is 22.3 Å². The molecule has 2 N–H and O–H groups in total. The third kappa shape index (κ3) is 5.10. The highest BCUT2D eigenvalue weighted by atomic mass is 16.6. The van der Waals surface area contributed by atoms with Gasteiger partial charge in [-0.2, -0.15) is 0 Å². The van der Waals surface area contributed by atoms with Crippen LogP contribution in [0.2, 0.25) is 0 Å². The second-order valence-electron chi connectivity index (χ2n) is 11.8. The Hall–Kier alpha value is -3.76. The highest BCUT2D eigenvalue weighted by molar-refractivity contribution is 5.90. The van der Waals surface area contributed by atoms with Gasteiger partial charge in [0.15, 0.2) is 5.60 Å². The molecule has 1 saturated heterocycles. The topological polar surface area (TPSA) is 123 Å². The lowest BCUT2D eigenvalue weighted by Gasteiger charge is -2.31. The van der Waals surface area contributed by atoms with Crippen LogP contribution in [0.15, 0.2) is 29.1 Å². The molecule has 0 bridgehead atoms. The van der Waals surface area contributed by atoms with Crippen LogP contribution in [0.3, 0.4) is 0 Å². The van der Waals surface area contributed by atoms with E-state index in [9.17, 15) is 19.5 Å². The summed E-state index contributed by atoms with van der Waals surface area (Å²) < 4.78 is 12.7. The van der Waals surface area contributed by atoms with Crippen molar-refractivity contribution < 1.29 is 24.2 Å². The van der Waals surface area contributed by atoms with E-state index in [1.54, 1.807) is 28.5 Å². The molecule has 5 heterocycles. The van der Waals surface area contributed by atoms with Gasteiger partial charge in [0.1, 0.15) is 12.4 Å². The Morgan fingerprint density at radius 2 is 1.93 bits per heavy atom. The number of hydrogen-bond donors (Lipinski definition) is 2. The molecule has 3 aliphatic rings. The number of hydrogen-bond acceptors (Lipinski definition) is 8. The van der Waals surface area contributed by atoms with Crippen molar-refractivity contribution in [2.75, 3.05) is 19.6 Å². The molecule has 1 aromatic carbocycles. The molecule has 1 amide bonds. The average Bonchev–Trinajstić information content (AvgIpc) is 3.39. The van der Waals surface area contributed by atoms with E-state index in [-0.39, 0.29) is 24.7 Å². The predicted molar refractivity (Wildman–Crippen MR) is 162 cm³/mol. The molecule has 3 aromatic rings. The Morgan fingerprint density at radius 3 is 2.65 bits per heavy atom. The maximum atomic E-state index is 13.6. The van der Waals surface area contributed by atoms with Crippen molar-refractivity contribution in [1.82, 2.24) is 19.8 Å². The number of carbonyl (C=O) groups is 2. The van der Waals surface area contributed by atoms with Crippen LogP contribution in [0.1, 0.15) is 81.5 Å². The van der Waals surface area contributed by atoms with Crippen LogP contribution in [0.4, 0.5) is 4.79 Å². The smallest absolute Gasteiger partial charge is 0.415 e. The summed E-state index contributed by atoms with van der Waals surface area (Å²) in [6.07, 6.45) is 5.87. The van der Waals surface area contributed by atoms with Crippen molar-refractivity contribution in [1.29, 1.82) is 0 Å². The summed E-state index contributed by atoms with van der Waals surface area (Å²) in [5.41, 5.74) is 2.34. The van der Waals surface area contributed by atoms with Crippen LogP contribution in [0, 0.1) is 0 Å². The van der Waals surface area contributed by atoms with Crippen LogP contribution in [-0.4, -0.2) is 57.3 Å². The summed E-state index contributed by atoms with van der Waals surface area (Å²) in [5.74, 6) is -0.281. The number of nitrogens with one attached hydrogen (secondary N) is 1. The van der Waals surface area contributed by atoms with E-state index in [4.69, 9.17) is 14.5 Å². The number of unbranched alkanes of at least 4 members (excludes halogenated alkanes) is 2. The van der Waals surface area contributed by atoms with Gasteiger partial charge in [-0.25, -0.2) is 14.6 Å². The monoisotopic (exact) mass is 588 g/mol. The summed E-state index contributed by atoms with van der Waals surface area (Å²) >= 11 is 0. The number of aryl methyl sites for hydroxylation is 1. The Balaban J connectivity index is 1.25. The number of rotatable bonds is 8. The van der Waals surface area contributed by atoms with Gasteiger partial charge in [-0.1, -0.05) is 33.6 Å². The number of aromatic nitrogens is 2. The van der Waals surface area contributed by atoms with E-state index < -0.39 is 11.6 Å². The number of pyridine rings is 2. The van der Waals surface area contributed by atoms with Gasteiger partial charge >= 0.3 is 12.1 Å². The molecule has 2 aromatic heterocycles. The number of likely N-dealkylation sites (tertiary alicyclic amines) is 1. The standard InChI is InChI=1S/C33H40N4O6/c1-4-7-8-13-34-20-11-14-36(15-12-20)32(40)43-21-9-10-27-23(16-21)22(5-2)24-18-37-28(29(24)35-27)17-26-25(30(37)38)19-42-31(39)33(26,41)6-3/h9-10,16-17,20,34,41H,4-8,11-15,18-19H2,1-3H3/t33-/m0/s1. The minimum atomic E-state index is -1.87. The van der Waals surface area contributed by atoms with E-state index in [0.29, 0.717) is 65.9 Å². The fraction of sp³-hybridized carbons (Fsp3) is 0.515. The van der Waals surface area contributed by atoms with Crippen molar-refractivity contribution in [2.24, 2.45) is 0 Å². The molecular formula is C33H40N4O6. The first kappa shape index (κ1) is 29.3. The number of piperidine rings is 1. The highest BCUT2D eigenvalue weighted by Gasteiger charge is 2.45. The van der Waals surface area contributed by atoms with Crippen molar-refractivity contribution >= 4 is 23.0 Å². The lowest BCUT2D eigenvalue weighted by Crippen LogP contribution is -2.46. The van der Waals surface area contributed by atoms with E-state index in [1.165, 1.54) is 19.3 Å². The molecule has 43 heavy (non-hydrogen) atoms. The molecule has 1 atom stereocenters. The molecule has 0 spiro atoms. The number of cyclic esters (lactones) is 1. The van der Waals surface area contributed by atoms with Gasteiger partial charge in [0.25, 0.3) is 5.56 Å². The average molecular weight is 589 g/mol. The zero-order chi connectivity index (χ0) is 30.3. The Bertz CT molecular complexity index is 1640. The Labute approximate surface area is 251 Å². The van der Waals surface area contributed by atoms with Gasteiger partial charge in [0, 0.05) is 35.6 Å². The number of benzene rings is 1. The van der Waals surface area contributed by atoms with Gasteiger partial charge < -0.3 is 29.4 Å². The number of aliphatic hydroxyl groups is 1. The number of esters is 1. The maximum absolute atomic E-state index is 13.6. The lowest BCUT2D eigenvalue weighted by molar-refractivity contribution is -0.172. The number of amides is 1. The molecule has 10 nitrogen and oxygen atoms in total. The van der Waals surface area contributed by atoms with E-state index in [0.717, 1.165) is 35.9 Å². The molecule has 0 aliphatic carbocycles. The summed E-state index contributed by atoms with van der Waals surface area (Å²) in [6.45, 7) is 8.45. The van der Waals surface area contributed by atoms with Crippen molar-refractivity contribution in [3.8, 4) is 17.1 Å². The first-order chi connectivity index (χ1) is 20.8. The van der Waals surface area contributed by atoms with Crippen LogP contribution in [-0.2, 0) is 34.7 Å². The second kappa shape index (κ2) is 11.7. The largest absolute Gasteiger partial charge is 0.458 e. The summed E-state index contributed by atoms with van der Waals surface area (Å²) in [5, 5.41) is 15.6. The molecule has 0 saturated carbocycles. The normalized spacial score (nSPS) is 19.6. The maximum Gasteiger partial charge on any atom is 0.415 e. The lowest BCUT2D eigenvalue weighted by atomic mass is 9.86. The molecular weight excluding hydrogens is 548 g/mol. The van der Waals surface area contributed by atoms with Gasteiger partial charge in [0.2, 0.25) is 0 Å². The predicted octanol–water partition coefficient (Wildman–Crippen LogP) is 4.39. The van der Waals surface area contributed by atoms with Gasteiger partial charge in [-0.15, -0.1) is 0 Å². The first-order valence-electron chi connectivity index (χ1n) is 15.6. The molecule has 10 heteroatoms. The van der Waals surface area contributed by atoms with Crippen molar-refractivity contribution in [2.45, 2.75) is 90.5 Å². The molecule has 0 unspecified atom stereocenters. The zero-order valence-electron chi connectivity index (χ0n) is 25.2. The summed E-state index contributed by atoms with van der Waals surface area (Å²) in [7, 11) is 0. The van der Waals surface area contributed by atoms with Gasteiger partial charge in [-0.3, -0.25) is 4.79 Å². The van der Waals surface area contributed by atoms with Gasteiger partial charge in [0.05, 0.1) is 29.0 Å². The first-order valence-corrected chi connectivity index (χ1v) is 15.6. The molecule has 3 aliphatic heterocycles. The fourth-order valence-corrected chi connectivity index (χ4v) is 6.72. The molecule has 0 radical (unpaired) electrons. The molecule has 6 rings (SSSR count). The molecule has 1 fully saturated rings. The summed E-state index contributed by atoms with van der Waals surface area (Å²) in [6, 6.07) is 7.61. The van der Waals surface area contributed by atoms with Crippen LogP contribution in [0.5, 0.6) is 5.75 Å². The van der Waals surface area contributed by atoms with E-state index >= 15 is 0 Å². The van der Waals surface area contributed by atoms with Crippen LogP contribution < -0.4 is 15.6 Å². The number of ether oxygens (including phenoxy) is 2. The van der Waals surface area contributed by atoms with E-state index in [1.807, 2.05) is 19.1 Å². The van der Waals surface area contributed by atoms with E-state index in [2.05, 4.69) is 12.2 Å². The third-order valence-corrected chi connectivity index (χ3v) is 9.30. The Morgan fingerprint density at radius 1 is 1.14 bits per heavy atom. The SMILES string of the molecule is CCCCCNC1CCN(C(=O)Oc2ccc3nc4c(c(CC)c3c2)Cn2c-4cc3c(c2=O)COC(=O)[C@]3(O)CC)CC1. The number of carbonyl (C=O) groups excluding carboxylic acids is 2. The van der Waals surface area contributed by atoms with Crippen LogP contribution >= 0.6 is 0 Å².